The van der Waals surface area contributed by atoms with Gasteiger partial charge in [-0.05, 0) is 44.1 Å². The Balaban J connectivity index is 1.92. The van der Waals surface area contributed by atoms with Crippen LogP contribution in [0.2, 0.25) is 0 Å². The summed E-state index contributed by atoms with van der Waals surface area (Å²) in [5.74, 6) is 0. The van der Waals surface area contributed by atoms with Gasteiger partial charge in [0.1, 0.15) is 17.0 Å². The van der Waals surface area contributed by atoms with Gasteiger partial charge in [-0.15, -0.1) is 0 Å². The number of aromatic nitrogens is 3. The molecule has 0 unspecified atom stereocenters. The molecule has 0 spiro atoms. The minimum Gasteiger partial charge on any atom is -0.297 e. The van der Waals surface area contributed by atoms with Crippen molar-refractivity contribution in [3.8, 4) is 0 Å². The van der Waals surface area contributed by atoms with Crippen LogP contribution in [0.15, 0.2) is 24.4 Å². The summed E-state index contributed by atoms with van der Waals surface area (Å²) in [4.78, 5) is 9.95. The molecule has 1 fully saturated rings. The summed E-state index contributed by atoms with van der Waals surface area (Å²) in [5, 5.41) is -0.395. The molecular weight excluding hydrogens is 374 g/mol. The molecule has 3 aromatic heterocycles. The molecule has 0 aromatic carbocycles. The maximum atomic E-state index is 13.3. The molecular formula is C17H14F6N4. The zero-order valence-corrected chi connectivity index (χ0v) is 13.9. The third kappa shape index (κ3) is 3.33. The summed E-state index contributed by atoms with van der Waals surface area (Å²) < 4.78 is 80.5. The molecule has 0 atom stereocenters. The van der Waals surface area contributed by atoms with E-state index in [2.05, 4.69) is 14.9 Å². The number of nitrogens with zero attached hydrogens (tertiary/aromatic N) is 4. The van der Waals surface area contributed by atoms with Crippen molar-refractivity contribution in [2.24, 2.45) is 0 Å². The number of fused-ring (bicyclic) bond motifs is 3. The largest absolute Gasteiger partial charge is 0.433 e. The van der Waals surface area contributed by atoms with Gasteiger partial charge in [0.05, 0.1) is 11.3 Å². The number of hydrogen-bond acceptors (Lipinski definition) is 3. The topological polar surface area (TPSA) is 33.4 Å². The van der Waals surface area contributed by atoms with E-state index in [0.29, 0.717) is 12.2 Å². The van der Waals surface area contributed by atoms with Crippen molar-refractivity contribution in [2.75, 3.05) is 13.1 Å². The molecule has 1 aliphatic heterocycles. The predicted octanol–water partition coefficient (Wildman–Crippen LogP) is 4.52. The zero-order valence-electron chi connectivity index (χ0n) is 13.9. The van der Waals surface area contributed by atoms with Gasteiger partial charge >= 0.3 is 12.4 Å². The Kier molecular flexibility index (Phi) is 4.06. The number of pyridine rings is 2. The van der Waals surface area contributed by atoms with E-state index in [0.717, 1.165) is 32.0 Å². The van der Waals surface area contributed by atoms with Crippen molar-refractivity contribution in [1.82, 2.24) is 19.3 Å². The minimum atomic E-state index is -4.99. The van der Waals surface area contributed by atoms with Crippen molar-refractivity contribution < 1.29 is 26.3 Å². The number of imidazole rings is 1. The quantitative estimate of drug-likeness (QED) is 0.606. The van der Waals surface area contributed by atoms with E-state index in [1.165, 1.54) is 16.7 Å². The SMILES string of the molecule is FC(F)(F)c1cc(C(F)(F)F)c2ccc3nc(CN4CCCC4)cn3c2n1. The van der Waals surface area contributed by atoms with Crippen LogP contribution in [0.25, 0.3) is 16.7 Å². The second-order valence-electron chi connectivity index (χ2n) is 6.56. The second-order valence-corrected chi connectivity index (χ2v) is 6.56. The maximum absolute atomic E-state index is 13.3. The van der Waals surface area contributed by atoms with Gasteiger partial charge in [-0.2, -0.15) is 26.3 Å². The van der Waals surface area contributed by atoms with Crippen molar-refractivity contribution >= 4 is 16.7 Å². The first-order chi connectivity index (χ1) is 12.6. The van der Waals surface area contributed by atoms with Crippen molar-refractivity contribution in [2.45, 2.75) is 31.7 Å². The van der Waals surface area contributed by atoms with Gasteiger partial charge < -0.3 is 0 Å². The number of rotatable bonds is 2. The lowest BCUT2D eigenvalue weighted by molar-refractivity contribution is -0.144. The lowest BCUT2D eigenvalue weighted by Gasteiger charge is -2.14. The van der Waals surface area contributed by atoms with E-state index in [9.17, 15) is 26.3 Å². The molecule has 27 heavy (non-hydrogen) atoms. The molecule has 4 nitrogen and oxygen atoms in total. The van der Waals surface area contributed by atoms with Crippen molar-refractivity contribution in [3.63, 3.8) is 0 Å². The van der Waals surface area contributed by atoms with Crippen LogP contribution in [0.1, 0.15) is 29.8 Å². The molecule has 0 N–H and O–H groups in total. The Bertz CT molecular complexity index is 998. The first kappa shape index (κ1) is 18.0. The molecule has 0 radical (unpaired) electrons. The van der Waals surface area contributed by atoms with Crippen molar-refractivity contribution in [3.05, 3.63) is 41.3 Å². The minimum absolute atomic E-state index is 0.0518. The molecule has 144 valence electrons. The van der Waals surface area contributed by atoms with Crippen LogP contribution >= 0.6 is 0 Å². The number of alkyl halides is 6. The highest BCUT2D eigenvalue weighted by molar-refractivity contribution is 5.83. The van der Waals surface area contributed by atoms with E-state index >= 15 is 0 Å². The zero-order chi connectivity index (χ0) is 19.4. The van der Waals surface area contributed by atoms with Gasteiger partial charge in [-0.3, -0.25) is 9.30 Å². The lowest BCUT2D eigenvalue weighted by Crippen LogP contribution is -2.18. The molecule has 1 saturated heterocycles. The third-order valence-electron chi connectivity index (χ3n) is 4.63. The average molecular weight is 388 g/mol. The van der Waals surface area contributed by atoms with Crippen LogP contribution in [0.4, 0.5) is 26.3 Å². The van der Waals surface area contributed by atoms with Crippen LogP contribution in [0.3, 0.4) is 0 Å². The Morgan fingerprint density at radius 3 is 2.26 bits per heavy atom. The normalized spacial score (nSPS) is 16.7. The Labute approximate surface area is 149 Å². The summed E-state index contributed by atoms with van der Waals surface area (Å²) in [6.07, 6.45) is -6.35. The summed E-state index contributed by atoms with van der Waals surface area (Å²) in [7, 11) is 0. The van der Waals surface area contributed by atoms with Crippen LogP contribution in [0.5, 0.6) is 0 Å². The Morgan fingerprint density at radius 2 is 1.63 bits per heavy atom. The highest BCUT2D eigenvalue weighted by Gasteiger charge is 2.39. The second kappa shape index (κ2) is 6.08. The molecule has 1 aliphatic rings. The van der Waals surface area contributed by atoms with Crippen LogP contribution < -0.4 is 0 Å². The molecule has 0 amide bonds. The predicted molar refractivity (Wildman–Crippen MR) is 85.0 cm³/mol. The maximum Gasteiger partial charge on any atom is 0.433 e. The highest BCUT2D eigenvalue weighted by atomic mass is 19.4. The van der Waals surface area contributed by atoms with Crippen molar-refractivity contribution in [1.29, 1.82) is 0 Å². The number of halogens is 6. The summed E-state index contributed by atoms with van der Waals surface area (Å²) in [5.41, 5.74) is -2.51. The summed E-state index contributed by atoms with van der Waals surface area (Å²) in [6.45, 7) is 2.28. The average Bonchev–Trinajstić information content (AvgIpc) is 3.21. The smallest absolute Gasteiger partial charge is 0.297 e. The van der Waals surface area contributed by atoms with Gasteiger partial charge in [0.25, 0.3) is 0 Å². The molecule has 0 aliphatic carbocycles. The van der Waals surface area contributed by atoms with E-state index in [1.807, 2.05) is 0 Å². The summed E-state index contributed by atoms with van der Waals surface area (Å²) >= 11 is 0. The van der Waals surface area contributed by atoms with Gasteiger partial charge in [0.2, 0.25) is 0 Å². The standard InChI is InChI=1S/C17H14F6N4/c18-16(19,20)12-7-13(17(21,22)23)25-15-11(12)3-4-14-24-10(9-27(14)15)8-26-5-1-2-6-26/h3-4,7,9H,1-2,5-6,8H2. The van der Waals surface area contributed by atoms with Crippen LogP contribution in [-0.4, -0.2) is 32.4 Å². The van der Waals surface area contributed by atoms with Crippen LogP contribution in [0, 0.1) is 0 Å². The fraction of sp³-hybridized carbons (Fsp3) is 0.412. The number of likely N-dealkylation sites (tertiary alicyclic amines) is 1. The van der Waals surface area contributed by atoms with E-state index < -0.39 is 34.6 Å². The molecule has 4 rings (SSSR count). The van der Waals surface area contributed by atoms with E-state index in [4.69, 9.17) is 0 Å². The highest BCUT2D eigenvalue weighted by Crippen LogP contribution is 2.38. The monoisotopic (exact) mass is 388 g/mol. The molecule has 0 saturated carbocycles. The fourth-order valence-corrected chi connectivity index (χ4v) is 3.41. The third-order valence-corrected chi connectivity index (χ3v) is 4.63. The Morgan fingerprint density at radius 1 is 0.926 bits per heavy atom. The first-order valence-electron chi connectivity index (χ1n) is 8.31. The van der Waals surface area contributed by atoms with Gasteiger partial charge in [-0.25, -0.2) is 9.97 Å². The molecule has 3 aromatic rings. The number of hydrogen-bond donors (Lipinski definition) is 0. The summed E-state index contributed by atoms with van der Waals surface area (Å²) in [6, 6.07) is 2.53. The van der Waals surface area contributed by atoms with E-state index in [1.54, 1.807) is 0 Å². The molecule has 4 heterocycles. The lowest BCUT2D eigenvalue weighted by atomic mass is 10.1. The Hall–Kier alpha value is -2.36. The van der Waals surface area contributed by atoms with Gasteiger partial charge in [0.15, 0.2) is 0 Å². The van der Waals surface area contributed by atoms with Gasteiger partial charge in [0, 0.05) is 18.1 Å². The van der Waals surface area contributed by atoms with E-state index in [-0.39, 0.29) is 11.7 Å². The molecule has 10 heteroatoms. The first-order valence-corrected chi connectivity index (χ1v) is 8.31. The fourth-order valence-electron chi connectivity index (χ4n) is 3.41. The van der Waals surface area contributed by atoms with Gasteiger partial charge in [-0.1, -0.05) is 0 Å². The molecule has 0 bridgehead atoms. The van der Waals surface area contributed by atoms with Crippen LogP contribution in [-0.2, 0) is 18.9 Å².